The zero-order chi connectivity index (χ0) is 26.0. The number of nitrogens with two attached hydrogens (primary N) is 1. The Hall–Kier alpha value is -3.69. The molecule has 0 bridgehead atoms. The molecule has 1 fully saturated rings. The van der Waals surface area contributed by atoms with E-state index in [4.69, 9.17) is 34.3 Å². The molecule has 1 aromatic carbocycles. The molecule has 1 aromatic heterocycles. The lowest BCUT2D eigenvalue weighted by atomic mass is 9.92. The van der Waals surface area contributed by atoms with Crippen molar-refractivity contribution in [1.29, 1.82) is 0 Å². The summed E-state index contributed by atoms with van der Waals surface area (Å²) in [5.41, 5.74) is 11.5. The summed E-state index contributed by atoms with van der Waals surface area (Å²) in [4.78, 5) is 38.1. The summed E-state index contributed by atoms with van der Waals surface area (Å²) in [5.74, 6) is -0.157. The second-order valence-corrected chi connectivity index (χ2v) is 9.65. The predicted octanol–water partition coefficient (Wildman–Crippen LogP) is 3.54. The van der Waals surface area contributed by atoms with E-state index in [1.807, 2.05) is 6.92 Å². The highest BCUT2D eigenvalue weighted by Gasteiger charge is 2.39. The largest absolute Gasteiger partial charge is 0.480 e. The summed E-state index contributed by atoms with van der Waals surface area (Å²) in [6.45, 7) is 5.72. The van der Waals surface area contributed by atoms with Gasteiger partial charge in [-0.15, -0.1) is 0 Å². The lowest BCUT2D eigenvalue weighted by Gasteiger charge is -2.22. The minimum atomic E-state index is -0.868. The first-order valence-electron chi connectivity index (χ1n) is 11.3. The molecular weight excluding hydrogens is 500 g/mol. The van der Waals surface area contributed by atoms with Crippen molar-refractivity contribution in [1.82, 2.24) is 9.99 Å². The van der Waals surface area contributed by atoms with Crippen molar-refractivity contribution in [2.24, 2.45) is 11.7 Å². The Morgan fingerprint density at radius 3 is 2.81 bits per heavy atom. The molecule has 0 spiro atoms. The highest BCUT2D eigenvalue weighted by atomic mass is 35.5. The van der Waals surface area contributed by atoms with Gasteiger partial charge in [0.25, 0.3) is 11.5 Å². The second-order valence-electron chi connectivity index (χ2n) is 8.72. The maximum Gasteiger partial charge on any atom is 0.280 e. The van der Waals surface area contributed by atoms with Gasteiger partial charge in [0.05, 0.1) is 0 Å². The van der Waals surface area contributed by atoms with Gasteiger partial charge in [-0.05, 0) is 61.7 Å². The average Bonchev–Trinajstić information content (AvgIpc) is 3.67. The fourth-order valence-electron chi connectivity index (χ4n) is 3.96. The van der Waals surface area contributed by atoms with Crippen LogP contribution in [0.1, 0.15) is 37.3 Å². The minimum absolute atomic E-state index is 0.0215. The van der Waals surface area contributed by atoms with Crippen molar-refractivity contribution in [3.05, 3.63) is 87.0 Å². The molecule has 0 aliphatic heterocycles. The number of aromatic nitrogens is 1. The fraction of sp³-hybridized carbons (Fsp3) is 0.231. The van der Waals surface area contributed by atoms with E-state index in [1.54, 1.807) is 36.4 Å². The van der Waals surface area contributed by atoms with Crippen LogP contribution in [-0.4, -0.2) is 28.0 Å². The monoisotopic (exact) mass is 524 g/mol. The van der Waals surface area contributed by atoms with Crippen LogP contribution in [0.15, 0.2) is 65.2 Å². The van der Waals surface area contributed by atoms with Crippen molar-refractivity contribution in [2.75, 3.05) is 5.43 Å². The number of benzene rings is 1. The normalized spacial score (nSPS) is 16.2. The Labute approximate surface area is 218 Å². The molecule has 2 amide bonds. The highest BCUT2D eigenvalue weighted by molar-refractivity contribution is 7.80. The number of pyridine rings is 1. The summed E-state index contributed by atoms with van der Waals surface area (Å²) >= 11 is 11.4. The van der Waals surface area contributed by atoms with Crippen LogP contribution in [0.5, 0.6) is 5.75 Å². The topological polar surface area (TPSA) is 115 Å². The van der Waals surface area contributed by atoms with E-state index >= 15 is 0 Å². The fourth-order valence-corrected chi connectivity index (χ4v) is 4.41. The Bertz CT molecular complexity index is 1390. The third-order valence-electron chi connectivity index (χ3n) is 6.04. The standard InChI is InChI=1S/C26H25ClN4O4S/c1-14-10-23(36)21(28)12-19(14)18-4-3-9-31(26(18)34)30-25(33)24(16-5-6-16)35-22-8-7-17(27)11-20(22)15(2)29-13-32/h3-4,7-9,11-13,16,24H,2,5-6,10,28H2,1H3,(H,29,32)(H,30,33). The lowest BCUT2D eigenvalue weighted by molar-refractivity contribution is -0.124. The van der Waals surface area contributed by atoms with Crippen molar-refractivity contribution in [2.45, 2.75) is 32.3 Å². The van der Waals surface area contributed by atoms with E-state index in [-0.39, 0.29) is 11.6 Å². The first kappa shape index (κ1) is 25.4. The van der Waals surface area contributed by atoms with Crippen LogP contribution in [0.3, 0.4) is 0 Å². The van der Waals surface area contributed by atoms with Crippen LogP contribution in [0.4, 0.5) is 0 Å². The van der Waals surface area contributed by atoms with Crippen molar-refractivity contribution >= 4 is 52.3 Å². The molecule has 1 saturated carbocycles. The minimum Gasteiger partial charge on any atom is -0.480 e. The summed E-state index contributed by atoms with van der Waals surface area (Å²) in [6, 6.07) is 8.19. The van der Waals surface area contributed by atoms with E-state index in [2.05, 4.69) is 17.3 Å². The molecule has 1 heterocycles. The summed E-state index contributed by atoms with van der Waals surface area (Å²) < 4.78 is 7.25. The summed E-state index contributed by atoms with van der Waals surface area (Å²) in [7, 11) is 0. The number of nitrogens with zero attached hydrogens (tertiary/aromatic N) is 1. The van der Waals surface area contributed by atoms with Gasteiger partial charge in [0.15, 0.2) is 6.10 Å². The number of halogens is 1. The van der Waals surface area contributed by atoms with Gasteiger partial charge in [-0.2, -0.15) is 0 Å². The third-order valence-corrected chi connectivity index (χ3v) is 6.65. The number of hydrogen-bond donors (Lipinski definition) is 3. The highest BCUT2D eigenvalue weighted by Crippen LogP contribution is 2.37. The quantitative estimate of drug-likeness (QED) is 0.341. The van der Waals surface area contributed by atoms with Crippen molar-refractivity contribution in [3.63, 3.8) is 0 Å². The van der Waals surface area contributed by atoms with E-state index in [0.29, 0.717) is 50.9 Å². The number of carbonyl (C=O) groups excluding carboxylic acids is 2. The van der Waals surface area contributed by atoms with Crippen molar-refractivity contribution in [3.8, 4) is 5.75 Å². The Kier molecular flexibility index (Phi) is 7.42. The van der Waals surface area contributed by atoms with Gasteiger partial charge in [0, 0.05) is 50.9 Å². The summed E-state index contributed by atoms with van der Waals surface area (Å²) in [5, 5.41) is 2.91. The molecule has 0 radical (unpaired) electrons. The number of allylic oxidation sites excluding steroid dienone is 4. The number of rotatable bonds is 9. The van der Waals surface area contributed by atoms with Gasteiger partial charge in [0.1, 0.15) is 5.75 Å². The molecule has 2 aliphatic carbocycles. The molecule has 36 heavy (non-hydrogen) atoms. The summed E-state index contributed by atoms with van der Waals surface area (Å²) in [6.07, 6.45) is 4.92. The van der Waals surface area contributed by atoms with Crippen LogP contribution < -0.4 is 26.8 Å². The van der Waals surface area contributed by atoms with E-state index in [9.17, 15) is 14.4 Å². The van der Waals surface area contributed by atoms with Gasteiger partial charge in [-0.3, -0.25) is 19.8 Å². The third kappa shape index (κ3) is 5.42. The molecule has 2 aromatic rings. The van der Waals surface area contributed by atoms with E-state index < -0.39 is 17.6 Å². The predicted molar refractivity (Wildman–Crippen MR) is 144 cm³/mol. The van der Waals surface area contributed by atoms with E-state index in [1.165, 1.54) is 6.20 Å². The van der Waals surface area contributed by atoms with Crippen LogP contribution in [0, 0.1) is 5.92 Å². The number of hydrogen-bond acceptors (Lipinski definition) is 6. The van der Waals surface area contributed by atoms with Gasteiger partial charge in [-0.25, -0.2) is 4.68 Å². The number of nitrogens with one attached hydrogen (secondary N) is 2. The molecule has 4 N–H and O–H groups in total. The molecule has 4 rings (SSSR count). The number of amides is 2. The number of carbonyl (C=O) groups is 2. The molecule has 1 atom stereocenters. The molecule has 186 valence electrons. The lowest BCUT2D eigenvalue weighted by Crippen LogP contribution is -2.42. The number of ether oxygens (including phenoxy) is 1. The Morgan fingerprint density at radius 1 is 1.36 bits per heavy atom. The SMILES string of the molecule is C=C(NC=O)c1cc(Cl)ccc1OC(C(=O)Nn1cccc(C2=C(C)CC(=S)C(N)=C2)c1=O)C1CC1. The van der Waals surface area contributed by atoms with Gasteiger partial charge < -0.3 is 15.8 Å². The molecule has 8 nitrogen and oxygen atoms in total. The molecule has 2 aliphatic rings. The Morgan fingerprint density at radius 2 is 2.11 bits per heavy atom. The smallest absolute Gasteiger partial charge is 0.280 e. The zero-order valence-electron chi connectivity index (χ0n) is 19.5. The second kappa shape index (κ2) is 10.5. The van der Waals surface area contributed by atoms with E-state index in [0.717, 1.165) is 23.1 Å². The van der Waals surface area contributed by atoms with Crippen LogP contribution in [-0.2, 0) is 9.59 Å². The van der Waals surface area contributed by atoms with Gasteiger partial charge in [0.2, 0.25) is 6.41 Å². The first-order valence-corrected chi connectivity index (χ1v) is 12.1. The Balaban J connectivity index is 1.60. The zero-order valence-corrected chi connectivity index (χ0v) is 21.1. The molecular formula is C26H25ClN4O4S. The van der Waals surface area contributed by atoms with Crippen LogP contribution >= 0.6 is 23.8 Å². The number of thiocarbonyl (C=S) groups is 1. The maximum atomic E-state index is 13.3. The molecule has 0 saturated heterocycles. The van der Waals surface area contributed by atoms with Crippen LogP contribution in [0.2, 0.25) is 5.02 Å². The van der Waals surface area contributed by atoms with Crippen LogP contribution in [0.25, 0.3) is 11.3 Å². The molecule has 10 heteroatoms. The van der Waals surface area contributed by atoms with Crippen molar-refractivity contribution < 1.29 is 14.3 Å². The first-order chi connectivity index (χ1) is 17.2. The average molecular weight is 525 g/mol. The molecule has 1 unspecified atom stereocenters. The van der Waals surface area contributed by atoms with Gasteiger partial charge >= 0.3 is 0 Å². The maximum absolute atomic E-state index is 13.3. The van der Waals surface area contributed by atoms with Gasteiger partial charge in [-0.1, -0.05) is 36.0 Å².